The number of hydrogen-bond acceptors (Lipinski definition) is 2. The maximum absolute atomic E-state index is 13.1. The molecule has 4 heteroatoms. The predicted molar refractivity (Wildman–Crippen MR) is 62.1 cm³/mol. The Kier molecular flexibility index (Phi) is 3.88. The largest absolute Gasteiger partial charge is 0.481 e. The molecule has 0 saturated carbocycles. The molecule has 1 aromatic rings. The van der Waals surface area contributed by atoms with E-state index >= 15 is 0 Å². The fourth-order valence-corrected chi connectivity index (χ4v) is 1.56. The van der Waals surface area contributed by atoms with E-state index in [4.69, 9.17) is 5.11 Å². The first kappa shape index (κ1) is 13.6. The third kappa shape index (κ3) is 3.27. The van der Waals surface area contributed by atoms with E-state index in [9.17, 15) is 14.3 Å². The molecule has 1 atom stereocenters. The van der Waals surface area contributed by atoms with Gasteiger partial charge in [-0.2, -0.15) is 0 Å². The fourth-order valence-electron chi connectivity index (χ4n) is 1.56. The van der Waals surface area contributed by atoms with Crippen molar-refractivity contribution in [2.75, 3.05) is 0 Å². The minimum Gasteiger partial charge on any atom is -0.481 e. The van der Waals surface area contributed by atoms with Crippen LogP contribution in [-0.4, -0.2) is 16.2 Å². The van der Waals surface area contributed by atoms with Gasteiger partial charge in [0.15, 0.2) is 0 Å². The number of benzene rings is 1. The standard InChI is InChI=1S/C13H17FO3/c1-8-6-9(4-5-10(8)14)11(15)7-13(2,3)12(16)17/h4-6,11,15H,7H2,1-3H3,(H,16,17). The topological polar surface area (TPSA) is 57.5 Å². The summed E-state index contributed by atoms with van der Waals surface area (Å²) in [5.74, 6) is -1.30. The number of aliphatic hydroxyl groups is 1. The van der Waals surface area contributed by atoms with E-state index in [1.807, 2.05) is 0 Å². The molecular weight excluding hydrogens is 223 g/mol. The van der Waals surface area contributed by atoms with Gasteiger partial charge in [-0.1, -0.05) is 12.1 Å². The van der Waals surface area contributed by atoms with Crippen molar-refractivity contribution in [1.29, 1.82) is 0 Å². The number of carboxylic acids is 1. The Balaban J connectivity index is 2.87. The normalized spacial score (nSPS) is 13.5. The molecule has 0 aromatic heterocycles. The first-order valence-corrected chi connectivity index (χ1v) is 5.41. The minimum atomic E-state index is -1.01. The second-order valence-corrected chi connectivity index (χ2v) is 4.92. The molecule has 0 aliphatic rings. The van der Waals surface area contributed by atoms with Gasteiger partial charge in [0.1, 0.15) is 5.82 Å². The molecule has 0 spiro atoms. The van der Waals surface area contributed by atoms with E-state index in [0.29, 0.717) is 11.1 Å². The highest BCUT2D eigenvalue weighted by molar-refractivity contribution is 5.73. The maximum atomic E-state index is 13.1. The van der Waals surface area contributed by atoms with Crippen molar-refractivity contribution in [3.05, 3.63) is 35.1 Å². The molecule has 3 nitrogen and oxygen atoms in total. The van der Waals surface area contributed by atoms with E-state index < -0.39 is 17.5 Å². The number of aliphatic hydroxyl groups excluding tert-OH is 1. The highest BCUT2D eigenvalue weighted by Gasteiger charge is 2.30. The van der Waals surface area contributed by atoms with Crippen LogP contribution in [-0.2, 0) is 4.79 Å². The van der Waals surface area contributed by atoms with Crippen LogP contribution in [0.25, 0.3) is 0 Å². The monoisotopic (exact) mass is 240 g/mol. The zero-order chi connectivity index (χ0) is 13.2. The Hall–Kier alpha value is -1.42. The SMILES string of the molecule is Cc1cc(C(O)CC(C)(C)C(=O)O)ccc1F. The summed E-state index contributed by atoms with van der Waals surface area (Å²) in [4.78, 5) is 10.9. The number of rotatable bonds is 4. The van der Waals surface area contributed by atoms with Gasteiger partial charge in [0, 0.05) is 0 Å². The van der Waals surface area contributed by atoms with E-state index in [1.165, 1.54) is 18.2 Å². The van der Waals surface area contributed by atoms with Crippen LogP contribution in [0.4, 0.5) is 4.39 Å². The Morgan fingerprint density at radius 1 is 1.47 bits per heavy atom. The van der Waals surface area contributed by atoms with E-state index in [-0.39, 0.29) is 12.2 Å². The zero-order valence-corrected chi connectivity index (χ0v) is 10.2. The van der Waals surface area contributed by atoms with Gasteiger partial charge >= 0.3 is 5.97 Å². The minimum absolute atomic E-state index is 0.0907. The molecule has 94 valence electrons. The predicted octanol–water partition coefficient (Wildman–Crippen LogP) is 2.67. The third-order valence-corrected chi connectivity index (χ3v) is 2.85. The second-order valence-electron chi connectivity index (χ2n) is 4.92. The van der Waals surface area contributed by atoms with Gasteiger partial charge in [-0.05, 0) is 44.4 Å². The van der Waals surface area contributed by atoms with Crippen molar-refractivity contribution < 1.29 is 19.4 Å². The average molecular weight is 240 g/mol. The third-order valence-electron chi connectivity index (χ3n) is 2.85. The van der Waals surface area contributed by atoms with Gasteiger partial charge < -0.3 is 10.2 Å². The van der Waals surface area contributed by atoms with Crippen molar-refractivity contribution in [3.63, 3.8) is 0 Å². The second kappa shape index (κ2) is 4.84. The molecule has 0 heterocycles. The maximum Gasteiger partial charge on any atom is 0.309 e. The van der Waals surface area contributed by atoms with Gasteiger partial charge in [-0.25, -0.2) is 4.39 Å². The molecule has 17 heavy (non-hydrogen) atoms. The first-order chi connectivity index (χ1) is 7.74. The highest BCUT2D eigenvalue weighted by atomic mass is 19.1. The number of hydrogen-bond donors (Lipinski definition) is 2. The average Bonchev–Trinajstić information content (AvgIpc) is 2.21. The summed E-state index contributed by atoms with van der Waals surface area (Å²) in [5, 5.41) is 18.9. The molecule has 1 unspecified atom stereocenters. The highest BCUT2D eigenvalue weighted by Crippen LogP contribution is 2.30. The van der Waals surface area contributed by atoms with Gasteiger partial charge in [-0.15, -0.1) is 0 Å². The van der Waals surface area contributed by atoms with Gasteiger partial charge in [0.25, 0.3) is 0 Å². The number of carboxylic acid groups (broad SMARTS) is 1. The van der Waals surface area contributed by atoms with E-state index in [1.54, 1.807) is 20.8 Å². The Labute approximate surface area is 99.9 Å². The number of carbonyl (C=O) groups is 1. The summed E-state index contributed by atoms with van der Waals surface area (Å²) < 4.78 is 13.1. The van der Waals surface area contributed by atoms with Crippen LogP contribution in [0.15, 0.2) is 18.2 Å². The zero-order valence-electron chi connectivity index (χ0n) is 10.2. The molecule has 0 amide bonds. The lowest BCUT2D eigenvalue weighted by atomic mass is 9.84. The lowest BCUT2D eigenvalue weighted by Crippen LogP contribution is -2.26. The lowest BCUT2D eigenvalue weighted by molar-refractivity contribution is -0.148. The molecular formula is C13H17FO3. The van der Waals surface area contributed by atoms with E-state index in [0.717, 1.165) is 0 Å². The van der Waals surface area contributed by atoms with Crippen LogP contribution in [0.5, 0.6) is 0 Å². The van der Waals surface area contributed by atoms with Gasteiger partial charge in [0.2, 0.25) is 0 Å². The Morgan fingerprint density at radius 3 is 2.53 bits per heavy atom. The lowest BCUT2D eigenvalue weighted by Gasteiger charge is -2.23. The summed E-state index contributed by atoms with van der Waals surface area (Å²) in [5.41, 5.74) is -0.0327. The smallest absolute Gasteiger partial charge is 0.309 e. The molecule has 0 radical (unpaired) electrons. The molecule has 0 aliphatic carbocycles. The molecule has 0 fully saturated rings. The van der Waals surface area contributed by atoms with Crippen molar-refractivity contribution in [2.24, 2.45) is 5.41 Å². The van der Waals surface area contributed by atoms with Gasteiger partial charge in [-0.3, -0.25) is 4.79 Å². The van der Waals surface area contributed by atoms with Crippen LogP contribution in [0.3, 0.4) is 0 Å². The van der Waals surface area contributed by atoms with E-state index in [2.05, 4.69) is 0 Å². The Morgan fingerprint density at radius 2 is 2.06 bits per heavy atom. The van der Waals surface area contributed by atoms with Crippen LogP contribution in [0.1, 0.15) is 37.5 Å². The summed E-state index contributed by atoms with van der Waals surface area (Å²) in [6, 6.07) is 4.30. The number of aryl methyl sites for hydroxylation is 1. The fraction of sp³-hybridized carbons (Fsp3) is 0.462. The first-order valence-electron chi connectivity index (χ1n) is 5.41. The van der Waals surface area contributed by atoms with Crippen LogP contribution >= 0.6 is 0 Å². The Bertz CT molecular complexity index is 427. The summed E-state index contributed by atoms with van der Waals surface area (Å²) in [6.45, 7) is 4.71. The molecule has 0 bridgehead atoms. The summed E-state index contributed by atoms with van der Waals surface area (Å²) in [7, 11) is 0. The molecule has 0 aliphatic heterocycles. The van der Waals surface area contributed by atoms with Crippen molar-refractivity contribution in [2.45, 2.75) is 33.3 Å². The van der Waals surface area contributed by atoms with Gasteiger partial charge in [0.05, 0.1) is 11.5 Å². The van der Waals surface area contributed by atoms with Crippen LogP contribution in [0, 0.1) is 18.2 Å². The molecule has 0 saturated heterocycles. The molecule has 1 aromatic carbocycles. The quantitative estimate of drug-likeness (QED) is 0.850. The summed E-state index contributed by atoms with van der Waals surface area (Å²) in [6.07, 6.45) is -0.812. The van der Waals surface area contributed by atoms with Crippen LogP contribution in [0.2, 0.25) is 0 Å². The molecule has 2 N–H and O–H groups in total. The number of aliphatic carboxylic acids is 1. The summed E-state index contributed by atoms with van der Waals surface area (Å²) >= 11 is 0. The van der Waals surface area contributed by atoms with Crippen molar-refractivity contribution in [3.8, 4) is 0 Å². The number of halogens is 1. The molecule has 1 rings (SSSR count). The van der Waals surface area contributed by atoms with Crippen LogP contribution < -0.4 is 0 Å². The van der Waals surface area contributed by atoms with Crippen molar-refractivity contribution >= 4 is 5.97 Å². The van der Waals surface area contributed by atoms with Crippen molar-refractivity contribution in [1.82, 2.24) is 0 Å².